The molecule has 0 saturated carbocycles. The zero-order valence-corrected chi connectivity index (χ0v) is 6.71. The molecule has 0 heterocycles. The molecule has 1 aromatic rings. The molecule has 1 aromatic carbocycles. The zero-order valence-electron chi connectivity index (χ0n) is 6.71. The van der Waals surface area contributed by atoms with Gasteiger partial charge in [0.05, 0.1) is 0 Å². The molecule has 0 bridgehead atoms. The van der Waals surface area contributed by atoms with Gasteiger partial charge < -0.3 is 9.84 Å². The number of aromatic hydroxyl groups is 1. The zero-order chi connectivity index (χ0) is 9.68. The number of hydrogen-bond donors (Lipinski definition) is 1. The molecule has 0 spiro atoms. The summed E-state index contributed by atoms with van der Waals surface area (Å²) in [6.07, 6.45) is -1.09. The van der Waals surface area contributed by atoms with Crippen molar-refractivity contribution in [3.05, 3.63) is 36.4 Å². The molecular formula is C9H8F2O2. The van der Waals surface area contributed by atoms with E-state index in [9.17, 15) is 8.78 Å². The van der Waals surface area contributed by atoms with Crippen LogP contribution >= 0.6 is 0 Å². The Labute approximate surface area is 74.1 Å². The monoisotopic (exact) mass is 186 g/mol. The van der Waals surface area contributed by atoms with Crippen molar-refractivity contribution in [2.24, 2.45) is 0 Å². The Kier molecular flexibility index (Phi) is 3.25. The first-order chi connectivity index (χ1) is 6.18. The van der Waals surface area contributed by atoms with Crippen molar-refractivity contribution in [3.8, 4) is 11.5 Å². The van der Waals surface area contributed by atoms with Crippen molar-refractivity contribution in [2.45, 2.75) is 0 Å². The molecule has 0 atom stereocenters. The van der Waals surface area contributed by atoms with E-state index in [0.717, 1.165) is 0 Å². The Morgan fingerprint density at radius 2 is 1.92 bits per heavy atom. The van der Waals surface area contributed by atoms with E-state index in [0.29, 0.717) is 11.8 Å². The SMILES string of the molecule is Oc1ccc(OCC=C(F)F)cc1. The average molecular weight is 186 g/mol. The molecule has 1 N–H and O–H groups in total. The first-order valence-corrected chi connectivity index (χ1v) is 3.61. The van der Waals surface area contributed by atoms with E-state index >= 15 is 0 Å². The maximum absolute atomic E-state index is 11.5. The van der Waals surface area contributed by atoms with Gasteiger partial charge in [0.2, 0.25) is 0 Å². The van der Waals surface area contributed by atoms with Gasteiger partial charge in [0.1, 0.15) is 18.1 Å². The smallest absolute Gasteiger partial charge is 0.269 e. The van der Waals surface area contributed by atoms with E-state index in [-0.39, 0.29) is 12.4 Å². The van der Waals surface area contributed by atoms with Gasteiger partial charge in [-0.05, 0) is 24.3 Å². The Bertz CT molecular complexity index is 289. The minimum Gasteiger partial charge on any atom is -0.508 e. The largest absolute Gasteiger partial charge is 0.508 e. The van der Waals surface area contributed by atoms with Crippen LogP contribution in [0.5, 0.6) is 11.5 Å². The topological polar surface area (TPSA) is 29.5 Å². The van der Waals surface area contributed by atoms with Crippen LogP contribution in [0.25, 0.3) is 0 Å². The number of hydrogen-bond acceptors (Lipinski definition) is 2. The van der Waals surface area contributed by atoms with E-state index in [1.165, 1.54) is 24.3 Å². The average Bonchev–Trinajstić information content (AvgIpc) is 2.08. The quantitative estimate of drug-likeness (QED) is 0.785. The van der Waals surface area contributed by atoms with Gasteiger partial charge >= 0.3 is 0 Å². The van der Waals surface area contributed by atoms with Crippen molar-refractivity contribution in [2.75, 3.05) is 6.61 Å². The molecule has 0 unspecified atom stereocenters. The third-order valence-corrected chi connectivity index (χ3v) is 1.32. The Balaban J connectivity index is 2.46. The molecular weight excluding hydrogens is 178 g/mol. The molecule has 0 radical (unpaired) electrons. The lowest BCUT2D eigenvalue weighted by Gasteiger charge is -2.01. The standard InChI is InChI=1S/C9H8F2O2/c10-9(11)5-6-13-8-3-1-7(12)2-4-8/h1-5,12H,6H2. The van der Waals surface area contributed by atoms with Crippen LogP contribution in [0.4, 0.5) is 8.78 Å². The van der Waals surface area contributed by atoms with Crippen molar-refractivity contribution in [1.82, 2.24) is 0 Å². The molecule has 0 amide bonds. The van der Waals surface area contributed by atoms with E-state index in [1.54, 1.807) is 0 Å². The minimum atomic E-state index is -1.77. The molecule has 2 nitrogen and oxygen atoms in total. The fraction of sp³-hybridized carbons (Fsp3) is 0.111. The van der Waals surface area contributed by atoms with E-state index in [4.69, 9.17) is 9.84 Å². The third kappa shape index (κ3) is 3.55. The Morgan fingerprint density at radius 1 is 1.31 bits per heavy atom. The summed E-state index contributed by atoms with van der Waals surface area (Å²) in [6, 6.07) is 5.84. The van der Waals surface area contributed by atoms with Crippen molar-refractivity contribution < 1.29 is 18.6 Å². The summed E-state index contributed by atoms with van der Waals surface area (Å²) in [5.41, 5.74) is 0. The molecule has 0 aliphatic rings. The van der Waals surface area contributed by atoms with Crippen molar-refractivity contribution in [1.29, 1.82) is 0 Å². The molecule has 4 heteroatoms. The first kappa shape index (κ1) is 9.51. The Hall–Kier alpha value is -1.58. The predicted molar refractivity (Wildman–Crippen MR) is 43.9 cm³/mol. The number of halogens is 2. The van der Waals surface area contributed by atoms with Crippen LogP contribution in [0.1, 0.15) is 0 Å². The summed E-state index contributed by atoms with van der Waals surface area (Å²) >= 11 is 0. The maximum Gasteiger partial charge on any atom is 0.269 e. The summed E-state index contributed by atoms with van der Waals surface area (Å²) in [6.45, 7) is -0.174. The molecule has 1 rings (SSSR count). The molecule has 70 valence electrons. The lowest BCUT2D eigenvalue weighted by atomic mass is 10.3. The summed E-state index contributed by atoms with van der Waals surface area (Å²) in [4.78, 5) is 0. The van der Waals surface area contributed by atoms with Crippen LogP contribution < -0.4 is 4.74 Å². The molecule has 0 saturated heterocycles. The Morgan fingerprint density at radius 3 is 2.46 bits per heavy atom. The van der Waals surface area contributed by atoms with E-state index in [1.807, 2.05) is 0 Å². The number of ether oxygens (including phenoxy) is 1. The van der Waals surface area contributed by atoms with Gasteiger partial charge in [-0.15, -0.1) is 0 Å². The summed E-state index contributed by atoms with van der Waals surface area (Å²) in [5, 5.41) is 8.88. The molecule has 0 aliphatic heterocycles. The first-order valence-electron chi connectivity index (χ1n) is 3.61. The molecule has 0 fully saturated rings. The van der Waals surface area contributed by atoms with Crippen LogP contribution in [0.2, 0.25) is 0 Å². The van der Waals surface area contributed by atoms with Gasteiger partial charge in [-0.1, -0.05) is 0 Å². The third-order valence-electron chi connectivity index (χ3n) is 1.32. The van der Waals surface area contributed by atoms with Crippen LogP contribution in [0, 0.1) is 0 Å². The normalized spacial score (nSPS) is 9.38. The highest BCUT2D eigenvalue weighted by Crippen LogP contribution is 2.15. The van der Waals surface area contributed by atoms with Gasteiger partial charge in [0.15, 0.2) is 0 Å². The van der Waals surface area contributed by atoms with E-state index in [2.05, 4.69) is 0 Å². The lowest BCUT2D eigenvalue weighted by Crippen LogP contribution is -1.92. The van der Waals surface area contributed by atoms with Gasteiger partial charge in [0, 0.05) is 6.08 Å². The van der Waals surface area contributed by atoms with Gasteiger partial charge in [-0.2, -0.15) is 8.78 Å². The second-order valence-electron chi connectivity index (χ2n) is 2.30. The molecule has 13 heavy (non-hydrogen) atoms. The van der Waals surface area contributed by atoms with Crippen molar-refractivity contribution >= 4 is 0 Å². The second-order valence-corrected chi connectivity index (χ2v) is 2.30. The highest BCUT2D eigenvalue weighted by atomic mass is 19.3. The summed E-state index contributed by atoms with van der Waals surface area (Å²) < 4.78 is 28.0. The summed E-state index contributed by atoms with van der Waals surface area (Å²) in [5.74, 6) is 0.551. The number of phenolic OH excluding ortho intramolecular Hbond substituents is 1. The van der Waals surface area contributed by atoms with Crippen LogP contribution in [-0.2, 0) is 0 Å². The van der Waals surface area contributed by atoms with Gasteiger partial charge in [-0.3, -0.25) is 0 Å². The molecule has 0 aliphatic carbocycles. The fourth-order valence-corrected chi connectivity index (χ4v) is 0.743. The minimum absolute atomic E-state index is 0.111. The number of benzene rings is 1. The van der Waals surface area contributed by atoms with Crippen LogP contribution in [0.15, 0.2) is 36.4 Å². The molecule has 0 aromatic heterocycles. The van der Waals surface area contributed by atoms with Crippen LogP contribution in [-0.4, -0.2) is 11.7 Å². The lowest BCUT2D eigenvalue weighted by molar-refractivity contribution is 0.344. The van der Waals surface area contributed by atoms with Gasteiger partial charge in [-0.25, -0.2) is 0 Å². The van der Waals surface area contributed by atoms with Gasteiger partial charge in [0.25, 0.3) is 6.08 Å². The van der Waals surface area contributed by atoms with Crippen molar-refractivity contribution in [3.63, 3.8) is 0 Å². The van der Waals surface area contributed by atoms with E-state index < -0.39 is 6.08 Å². The van der Waals surface area contributed by atoms with Crippen LogP contribution in [0.3, 0.4) is 0 Å². The highest BCUT2D eigenvalue weighted by molar-refractivity contribution is 5.30. The summed E-state index contributed by atoms with van der Waals surface area (Å²) in [7, 11) is 0. The maximum atomic E-state index is 11.5. The second kappa shape index (κ2) is 4.45. The fourth-order valence-electron chi connectivity index (χ4n) is 0.743. The number of rotatable bonds is 3. The highest BCUT2D eigenvalue weighted by Gasteiger charge is 1.93. The predicted octanol–water partition coefficient (Wildman–Crippen LogP) is 2.55. The number of phenols is 1.